The van der Waals surface area contributed by atoms with Crippen LogP contribution < -0.4 is 10.6 Å². The highest BCUT2D eigenvalue weighted by Crippen LogP contribution is 2.13. The third-order valence-electron chi connectivity index (χ3n) is 3.03. The van der Waals surface area contributed by atoms with Gasteiger partial charge in [0, 0.05) is 12.6 Å². The Morgan fingerprint density at radius 3 is 2.84 bits per heavy atom. The lowest BCUT2D eigenvalue weighted by Gasteiger charge is -2.28. The van der Waals surface area contributed by atoms with E-state index < -0.39 is 18.0 Å². The number of hydrogen-bond acceptors (Lipinski definition) is 4. The van der Waals surface area contributed by atoms with Gasteiger partial charge in [0.15, 0.2) is 0 Å². The van der Waals surface area contributed by atoms with Gasteiger partial charge in [0.05, 0.1) is 6.10 Å². The van der Waals surface area contributed by atoms with Gasteiger partial charge in [-0.3, -0.25) is 0 Å². The molecular formula is C12H22N2O4S. The third kappa shape index (κ3) is 6.15. The monoisotopic (exact) mass is 290 g/mol. The largest absolute Gasteiger partial charge is 0.480 e. The van der Waals surface area contributed by atoms with Gasteiger partial charge < -0.3 is 20.5 Å². The van der Waals surface area contributed by atoms with Crippen LogP contribution in [0.5, 0.6) is 0 Å². The Balaban J connectivity index is 2.37. The quantitative estimate of drug-likeness (QED) is 0.681. The first-order chi connectivity index (χ1) is 9.02. The average molecular weight is 290 g/mol. The fourth-order valence-electron chi connectivity index (χ4n) is 2.01. The minimum Gasteiger partial charge on any atom is -0.480 e. The van der Waals surface area contributed by atoms with Crippen molar-refractivity contribution in [3.63, 3.8) is 0 Å². The molecule has 0 aliphatic carbocycles. The number of hydrogen-bond donors (Lipinski definition) is 3. The van der Waals surface area contributed by atoms with Gasteiger partial charge in [0.1, 0.15) is 6.04 Å². The van der Waals surface area contributed by atoms with Gasteiger partial charge in [-0.1, -0.05) is 0 Å². The van der Waals surface area contributed by atoms with E-state index in [4.69, 9.17) is 9.84 Å². The van der Waals surface area contributed by atoms with Crippen LogP contribution >= 0.6 is 11.8 Å². The lowest BCUT2D eigenvalue weighted by atomic mass is 10.0. The zero-order valence-corrected chi connectivity index (χ0v) is 12.2. The van der Waals surface area contributed by atoms with E-state index in [1.165, 1.54) is 0 Å². The van der Waals surface area contributed by atoms with Crippen LogP contribution in [0.2, 0.25) is 0 Å². The highest BCUT2D eigenvalue weighted by molar-refractivity contribution is 7.98. The molecule has 1 rings (SSSR count). The molecule has 7 heteroatoms. The molecule has 0 aromatic rings. The summed E-state index contributed by atoms with van der Waals surface area (Å²) in [6, 6.07) is -1.18. The maximum Gasteiger partial charge on any atom is 0.326 e. The van der Waals surface area contributed by atoms with Crippen molar-refractivity contribution in [1.82, 2.24) is 10.6 Å². The highest BCUT2D eigenvalue weighted by atomic mass is 32.2. The molecule has 0 radical (unpaired) electrons. The number of thioether (sulfide) groups is 1. The Bertz CT molecular complexity index is 314. The summed E-state index contributed by atoms with van der Waals surface area (Å²) >= 11 is 1.56. The van der Waals surface area contributed by atoms with Gasteiger partial charge in [-0.05, 0) is 38.2 Å². The molecule has 3 atom stereocenters. The van der Waals surface area contributed by atoms with E-state index in [1.807, 2.05) is 13.2 Å². The molecule has 2 amide bonds. The second-order valence-electron chi connectivity index (χ2n) is 4.69. The van der Waals surface area contributed by atoms with E-state index in [0.29, 0.717) is 18.8 Å². The molecule has 0 saturated carbocycles. The van der Waals surface area contributed by atoms with Crippen molar-refractivity contribution in [2.45, 2.75) is 44.4 Å². The van der Waals surface area contributed by atoms with Gasteiger partial charge in [0.25, 0.3) is 0 Å². The minimum absolute atomic E-state index is 0.0544. The van der Waals surface area contributed by atoms with Gasteiger partial charge in [0.2, 0.25) is 0 Å². The maximum atomic E-state index is 11.8. The zero-order chi connectivity index (χ0) is 14.3. The van der Waals surface area contributed by atoms with Crippen molar-refractivity contribution in [3.8, 4) is 0 Å². The molecular weight excluding hydrogens is 268 g/mol. The Kier molecular flexibility index (Phi) is 7.01. The molecule has 0 aromatic heterocycles. The molecule has 1 fully saturated rings. The molecule has 1 heterocycles. The molecule has 1 aliphatic rings. The van der Waals surface area contributed by atoms with Crippen LogP contribution in [-0.2, 0) is 9.53 Å². The number of carbonyl (C=O) groups excluding carboxylic acids is 1. The summed E-state index contributed by atoms with van der Waals surface area (Å²) in [4.78, 5) is 22.8. The fraction of sp³-hybridized carbons (Fsp3) is 0.833. The van der Waals surface area contributed by atoms with Crippen molar-refractivity contribution < 1.29 is 19.4 Å². The topological polar surface area (TPSA) is 87.7 Å². The molecule has 6 nitrogen and oxygen atoms in total. The SMILES string of the molecule is CSCCC(NC(=O)NC1CCOC(C)C1)C(=O)O. The molecule has 0 spiro atoms. The van der Waals surface area contributed by atoms with Crippen LogP contribution in [0.1, 0.15) is 26.2 Å². The van der Waals surface area contributed by atoms with Crippen LogP contribution in [0.4, 0.5) is 4.79 Å². The number of aliphatic carboxylic acids is 1. The summed E-state index contributed by atoms with van der Waals surface area (Å²) in [6.07, 6.45) is 3.98. The fourth-order valence-corrected chi connectivity index (χ4v) is 2.48. The van der Waals surface area contributed by atoms with Crippen LogP contribution in [0.15, 0.2) is 0 Å². The van der Waals surface area contributed by atoms with E-state index in [-0.39, 0.29) is 12.1 Å². The smallest absolute Gasteiger partial charge is 0.326 e. The van der Waals surface area contributed by atoms with Crippen molar-refractivity contribution in [1.29, 1.82) is 0 Å². The summed E-state index contributed by atoms with van der Waals surface area (Å²) in [5, 5.41) is 14.3. The van der Waals surface area contributed by atoms with Crippen molar-refractivity contribution in [2.75, 3.05) is 18.6 Å². The normalized spacial score (nSPS) is 24.5. The lowest BCUT2D eigenvalue weighted by Crippen LogP contribution is -2.51. The van der Waals surface area contributed by atoms with E-state index in [0.717, 1.165) is 12.8 Å². The maximum absolute atomic E-state index is 11.8. The third-order valence-corrected chi connectivity index (χ3v) is 3.68. The van der Waals surface area contributed by atoms with Crippen LogP contribution in [0, 0.1) is 0 Å². The van der Waals surface area contributed by atoms with E-state index in [2.05, 4.69) is 10.6 Å². The van der Waals surface area contributed by atoms with Crippen LogP contribution in [0.3, 0.4) is 0 Å². The predicted octanol–water partition coefficient (Wildman–Crippen LogP) is 1.06. The highest BCUT2D eigenvalue weighted by Gasteiger charge is 2.24. The number of urea groups is 1. The van der Waals surface area contributed by atoms with Crippen LogP contribution in [0.25, 0.3) is 0 Å². The molecule has 3 N–H and O–H groups in total. The lowest BCUT2D eigenvalue weighted by molar-refractivity contribution is -0.139. The summed E-state index contributed by atoms with van der Waals surface area (Å²) in [5.41, 5.74) is 0. The Morgan fingerprint density at radius 2 is 2.26 bits per heavy atom. The molecule has 0 aromatic carbocycles. The Hall–Kier alpha value is -0.950. The van der Waals surface area contributed by atoms with E-state index in [1.54, 1.807) is 11.8 Å². The summed E-state index contributed by atoms with van der Waals surface area (Å²) in [5.74, 6) is -0.296. The average Bonchev–Trinajstić information content (AvgIpc) is 2.34. The first-order valence-corrected chi connectivity index (χ1v) is 7.82. The number of carboxylic acids is 1. The first-order valence-electron chi connectivity index (χ1n) is 6.43. The Labute approximate surface area is 117 Å². The molecule has 19 heavy (non-hydrogen) atoms. The summed E-state index contributed by atoms with van der Waals surface area (Å²) in [7, 11) is 0. The number of rotatable bonds is 6. The molecule has 3 unspecified atom stereocenters. The molecule has 1 saturated heterocycles. The summed E-state index contributed by atoms with van der Waals surface area (Å²) in [6.45, 7) is 2.59. The van der Waals surface area contributed by atoms with Crippen LogP contribution in [-0.4, -0.2) is 53.9 Å². The number of nitrogens with one attached hydrogen (secondary N) is 2. The predicted molar refractivity (Wildman–Crippen MR) is 74.5 cm³/mol. The number of ether oxygens (including phenoxy) is 1. The first kappa shape index (κ1) is 16.1. The second kappa shape index (κ2) is 8.27. The van der Waals surface area contributed by atoms with E-state index in [9.17, 15) is 9.59 Å². The van der Waals surface area contributed by atoms with Crippen molar-refractivity contribution in [2.24, 2.45) is 0 Å². The molecule has 110 valence electrons. The number of carboxylic acid groups (broad SMARTS) is 1. The van der Waals surface area contributed by atoms with E-state index >= 15 is 0 Å². The van der Waals surface area contributed by atoms with Crippen molar-refractivity contribution >= 4 is 23.8 Å². The van der Waals surface area contributed by atoms with Gasteiger partial charge in [-0.15, -0.1) is 0 Å². The summed E-state index contributed by atoms with van der Waals surface area (Å²) < 4.78 is 5.39. The molecule has 0 bridgehead atoms. The minimum atomic E-state index is -0.996. The standard InChI is InChI=1S/C12H22N2O4S/c1-8-7-9(3-5-18-8)13-12(17)14-10(11(15)16)4-6-19-2/h8-10H,3-7H2,1-2H3,(H,15,16)(H2,13,14,17). The Morgan fingerprint density at radius 1 is 1.53 bits per heavy atom. The molecule has 1 aliphatic heterocycles. The van der Waals surface area contributed by atoms with Gasteiger partial charge >= 0.3 is 12.0 Å². The van der Waals surface area contributed by atoms with Gasteiger partial charge in [-0.25, -0.2) is 9.59 Å². The van der Waals surface area contributed by atoms with Gasteiger partial charge in [-0.2, -0.15) is 11.8 Å². The number of amides is 2. The number of carbonyl (C=O) groups is 2. The zero-order valence-electron chi connectivity index (χ0n) is 11.3. The second-order valence-corrected chi connectivity index (χ2v) is 5.68. The van der Waals surface area contributed by atoms with Crippen molar-refractivity contribution in [3.05, 3.63) is 0 Å².